The molecule has 4 heterocycles. The van der Waals surface area contributed by atoms with E-state index in [1.54, 1.807) is 6.07 Å². The molecule has 1 saturated carbocycles. The highest BCUT2D eigenvalue weighted by atomic mass is 16.5. The van der Waals surface area contributed by atoms with Gasteiger partial charge in [-0.2, -0.15) is 0 Å². The number of rotatable bonds is 7. The molecule has 6 rings (SSSR count). The number of nitrogens with one attached hydrogen (secondary N) is 1. The summed E-state index contributed by atoms with van der Waals surface area (Å²) in [5.74, 6) is 1.84. The van der Waals surface area contributed by atoms with E-state index in [4.69, 9.17) is 15.2 Å². The fourth-order valence-corrected chi connectivity index (χ4v) is 5.75. The first kappa shape index (κ1) is 23.6. The summed E-state index contributed by atoms with van der Waals surface area (Å²) in [6.07, 6.45) is 6.39. The smallest absolute Gasteiger partial charge is 0.282 e. The zero-order chi connectivity index (χ0) is 25.6. The summed E-state index contributed by atoms with van der Waals surface area (Å²) in [4.78, 5) is 23.2. The standard InChI is InChI=1S/C27H31N7O3/c1-16(2)18-4-3-5-19(24(28)35)23(18)37-26-25(31-15-32-33-26)34-13-27(14-34)10-17(11-27)36-22-7-9-30-21-6-8-29-12-20(21)22/h3-5,7,9,15-17,29H,6,8,10-14H2,1-2H3,(H2,28,35). The van der Waals surface area contributed by atoms with Gasteiger partial charge in [0.05, 0.1) is 5.56 Å². The van der Waals surface area contributed by atoms with Crippen LogP contribution in [-0.4, -0.2) is 51.8 Å². The van der Waals surface area contributed by atoms with Crippen molar-refractivity contribution in [3.05, 3.63) is 59.2 Å². The summed E-state index contributed by atoms with van der Waals surface area (Å²) in [6.45, 7) is 7.52. The van der Waals surface area contributed by atoms with Gasteiger partial charge in [-0.3, -0.25) is 9.78 Å². The van der Waals surface area contributed by atoms with Gasteiger partial charge < -0.3 is 25.4 Å². The molecule has 3 aliphatic rings. The Morgan fingerprint density at radius 2 is 2.05 bits per heavy atom. The summed E-state index contributed by atoms with van der Waals surface area (Å²) in [6, 6.07) is 7.38. The summed E-state index contributed by atoms with van der Waals surface area (Å²) < 4.78 is 12.6. The molecule has 0 radical (unpaired) electrons. The number of amides is 1. The van der Waals surface area contributed by atoms with Crippen LogP contribution < -0.4 is 25.4 Å². The third kappa shape index (κ3) is 4.35. The molecule has 1 saturated heterocycles. The van der Waals surface area contributed by atoms with E-state index in [2.05, 4.69) is 30.4 Å². The molecule has 192 valence electrons. The van der Waals surface area contributed by atoms with Crippen molar-refractivity contribution in [3.63, 3.8) is 0 Å². The first-order valence-electron chi connectivity index (χ1n) is 12.8. The molecule has 1 amide bonds. The van der Waals surface area contributed by atoms with E-state index in [-0.39, 0.29) is 23.3 Å². The maximum Gasteiger partial charge on any atom is 0.282 e. The van der Waals surface area contributed by atoms with Crippen molar-refractivity contribution in [2.45, 2.75) is 51.7 Å². The van der Waals surface area contributed by atoms with Crippen molar-refractivity contribution in [3.8, 4) is 17.4 Å². The van der Waals surface area contributed by atoms with Gasteiger partial charge in [-0.1, -0.05) is 26.0 Å². The molecule has 2 aromatic heterocycles. The van der Waals surface area contributed by atoms with Crippen molar-refractivity contribution in [2.24, 2.45) is 11.1 Å². The van der Waals surface area contributed by atoms with E-state index >= 15 is 0 Å². The van der Waals surface area contributed by atoms with Crippen LogP contribution in [0, 0.1) is 5.41 Å². The Morgan fingerprint density at radius 1 is 1.22 bits per heavy atom. The van der Waals surface area contributed by atoms with Crippen LogP contribution in [0.5, 0.6) is 17.4 Å². The molecule has 0 unspecified atom stereocenters. The highest BCUT2D eigenvalue weighted by Gasteiger charge is 2.54. The number of carbonyl (C=O) groups is 1. The number of primary amides is 1. The molecule has 10 heteroatoms. The SMILES string of the molecule is CC(C)c1cccc(C(N)=O)c1Oc1nncnc1N1CC2(CC(Oc3ccnc4c3CNCC4)C2)C1. The highest BCUT2D eigenvalue weighted by molar-refractivity contribution is 5.96. The lowest BCUT2D eigenvalue weighted by atomic mass is 9.61. The summed E-state index contributed by atoms with van der Waals surface area (Å²) >= 11 is 0. The number of para-hydroxylation sites is 1. The summed E-state index contributed by atoms with van der Waals surface area (Å²) in [7, 11) is 0. The number of carbonyl (C=O) groups excluding carboxylic acids is 1. The van der Waals surface area contributed by atoms with Crippen molar-refractivity contribution in [1.29, 1.82) is 0 Å². The average Bonchev–Trinajstić information content (AvgIpc) is 2.85. The second kappa shape index (κ2) is 9.26. The Labute approximate surface area is 215 Å². The molecule has 37 heavy (non-hydrogen) atoms. The Hall–Kier alpha value is -3.79. The van der Waals surface area contributed by atoms with E-state index in [9.17, 15) is 4.79 Å². The van der Waals surface area contributed by atoms with Gasteiger partial charge in [-0.15, -0.1) is 10.2 Å². The molecule has 10 nitrogen and oxygen atoms in total. The number of pyridine rings is 1. The number of hydrogen-bond donors (Lipinski definition) is 2. The van der Waals surface area contributed by atoms with Crippen LogP contribution in [0.4, 0.5) is 5.82 Å². The van der Waals surface area contributed by atoms with Crippen molar-refractivity contribution < 1.29 is 14.3 Å². The van der Waals surface area contributed by atoms with E-state index in [0.29, 0.717) is 17.1 Å². The highest BCUT2D eigenvalue weighted by Crippen LogP contribution is 2.52. The number of nitrogens with zero attached hydrogens (tertiary/aromatic N) is 5. The van der Waals surface area contributed by atoms with Crippen LogP contribution in [0.1, 0.15) is 59.8 Å². The van der Waals surface area contributed by atoms with Crippen LogP contribution in [0.15, 0.2) is 36.8 Å². The molecule has 1 spiro atoms. The van der Waals surface area contributed by atoms with Gasteiger partial charge in [0.15, 0.2) is 5.82 Å². The second-order valence-electron chi connectivity index (χ2n) is 10.6. The number of fused-ring (bicyclic) bond motifs is 1. The number of ether oxygens (including phenoxy) is 2. The van der Waals surface area contributed by atoms with Crippen LogP contribution in [0.2, 0.25) is 0 Å². The van der Waals surface area contributed by atoms with Crippen molar-refractivity contribution in [1.82, 2.24) is 25.5 Å². The number of anilines is 1. The maximum absolute atomic E-state index is 12.1. The van der Waals surface area contributed by atoms with Gasteiger partial charge >= 0.3 is 0 Å². The van der Waals surface area contributed by atoms with Crippen LogP contribution in [0.25, 0.3) is 0 Å². The summed E-state index contributed by atoms with van der Waals surface area (Å²) in [5, 5.41) is 11.6. The number of nitrogens with two attached hydrogens (primary N) is 1. The Balaban J connectivity index is 1.14. The lowest BCUT2D eigenvalue weighted by Gasteiger charge is -2.58. The largest absolute Gasteiger partial charge is 0.490 e. The second-order valence-corrected chi connectivity index (χ2v) is 10.6. The molecule has 0 atom stereocenters. The van der Waals surface area contributed by atoms with E-state index in [1.807, 2.05) is 38.2 Å². The Bertz CT molecular complexity index is 1330. The zero-order valence-electron chi connectivity index (χ0n) is 21.1. The number of aromatic nitrogens is 4. The summed E-state index contributed by atoms with van der Waals surface area (Å²) in [5.41, 5.74) is 9.36. The lowest BCUT2D eigenvalue weighted by molar-refractivity contribution is -0.0350. The molecule has 1 aromatic carbocycles. The van der Waals surface area contributed by atoms with Crippen molar-refractivity contribution in [2.75, 3.05) is 24.5 Å². The topological polar surface area (TPSA) is 128 Å². The van der Waals surface area contributed by atoms with Crippen LogP contribution in [0.3, 0.4) is 0 Å². The van der Waals surface area contributed by atoms with Crippen LogP contribution in [-0.2, 0) is 13.0 Å². The lowest BCUT2D eigenvalue weighted by Crippen LogP contribution is -2.65. The quantitative estimate of drug-likeness (QED) is 0.502. The molecule has 3 aromatic rings. The maximum atomic E-state index is 12.1. The fraction of sp³-hybridized carbons (Fsp3) is 0.444. The molecule has 3 N–H and O–H groups in total. The van der Waals surface area contributed by atoms with Gasteiger partial charge in [0.1, 0.15) is 23.9 Å². The van der Waals surface area contributed by atoms with Gasteiger partial charge in [0.25, 0.3) is 11.8 Å². The minimum Gasteiger partial charge on any atom is -0.490 e. The van der Waals surface area contributed by atoms with Gasteiger partial charge in [-0.05, 0) is 36.5 Å². The number of hydrogen-bond acceptors (Lipinski definition) is 9. The van der Waals surface area contributed by atoms with Gasteiger partial charge in [0.2, 0.25) is 0 Å². The Morgan fingerprint density at radius 3 is 2.84 bits per heavy atom. The van der Waals surface area contributed by atoms with E-state index < -0.39 is 5.91 Å². The van der Waals surface area contributed by atoms with E-state index in [0.717, 1.165) is 62.4 Å². The molecule has 0 bridgehead atoms. The van der Waals surface area contributed by atoms with Gasteiger partial charge in [0, 0.05) is 55.5 Å². The monoisotopic (exact) mass is 501 g/mol. The Kier molecular flexibility index (Phi) is 5.91. The third-order valence-corrected chi connectivity index (χ3v) is 7.61. The predicted octanol–water partition coefficient (Wildman–Crippen LogP) is 2.97. The third-order valence-electron chi connectivity index (χ3n) is 7.61. The molecule has 1 aliphatic carbocycles. The zero-order valence-corrected chi connectivity index (χ0v) is 21.1. The molecular weight excluding hydrogens is 470 g/mol. The minimum atomic E-state index is -0.550. The van der Waals surface area contributed by atoms with E-state index in [1.165, 1.54) is 11.9 Å². The number of benzene rings is 1. The first-order valence-corrected chi connectivity index (χ1v) is 12.8. The average molecular weight is 502 g/mol. The normalized spacial score (nSPS) is 18.2. The molecule has 2 aliphatic heterocycles. The van der Waals surface area contributed by atoms with Crippen molar-refractivity contribution >= 4 is 11.7 Å². The van der Waals surface area contributed by atoms with Gasteiger partial charge in [-0.25, -0.2) is 4.98 Å². The fourth-order valence-electron chi connectivity index (χ4n) is 5.75. The molecular formula is C27H31N7O3. The molecule has 2 fully saturated rings. The first-order chi connectivity index (χ1) is 17.9. The van der Waals surface area contributed by atoms with Crippen LogP contribution >= 0.6 is 0 Å². The minimum absolute atomic E-state index is 0.128. The predicted molar refractivity (Wildman–Crippen MR) is 137 cm³/mol.